The summed E-state index contributed by atoms with van der Waals surface area (Å²) in [5, 5.41) is 0. The van der Waals surface area contributed by atoms with Gasteiger partial charge in [0, 0.05) is 12.0 Å². The van der Waals surface area contributed by atoms with Crippen molar-refractivity contribution in [1.82, 2.24) is 0 Å². The Hall–Kier alpha value is -1.32. The van der Waals surface area contributed by atoms with Crippen molar-refractivity contribution >= 4 is 11.9 Å². The van der Waals surface area contributed by atoms with Crippen LogP contribution in [-0.4, -0.2) is 24.6 Å². The number of ether oxygens (including phenoxy) is 2. The van der Waals surface area contributed by atoms with Gasteiger partial charge in [0.1, 0.15) is 0 Å². The van der Waals surface area contributed by atoms with Gasteiger partial charge < -0.3 is 9.47 Å². The van der Waals surface area contributed by atoms with Gasteiger partial charge in [-0.05, 0) is 27.2 Å². The lowest BCUT2D eigenvalue weighted by molar-refractivity contribution is -0.149. The van der Waals surface area contributed by atoms with E-state index in [2.05, 4.69) is 6.58 Å². The molecule has 0 radical (unpaired) electrons. The molecule has 0 heterocycles. The number of hydrogen-bond donors (Lipinski definition) is 0. The van der Waals surface area contributed by atoms with Crippen LogP contribution in [0.4, 0.5) is 0 Å². The van der Waals surface area contributed by atoms with Crippen LogP contribution >= 0.6 is 0 Å². The third-order valence-electron chi connectivity index (χ3n) is 1.47. The maximum atomic E-state index is 11.1. The van der Waals surface area contributed by atoms with Gasteiger partial charge in [-0.15, -0.1) is 0 Å². The van der Waals surface area contributed by atoms with Crippen LogP contribution in [0.3, 0.4) is 0 Å². The molecule has 4 heteroatoms. The van der Waals surface area contributed by atoms with Crippen molar-refractivity contribution in [2.45, 2.75) is 39.7 Å². The Morgan fingerprint density at radius 2 is 1.93 bits per heavy atom. The third kappa shape index (κ3) is 7.73. The standard InChI is InChI=1S/C11H18O4/c1-8(2)11(13)14-7-5-6-10(12)15-9(3)4/h9H,1,5-7H2,2-4H3. The summed E-state index contributed by atoms with van der Waals surface area (Å²) in [6.45, 7) is 8.82. The van der Waals surface area contributed by atoms with Crippen LogP contribution in [0, 0.1) is 0 Å². The van der Waals surface area contributed by atoms with Crippen molar-refractivity contribution in [3.8, 4) is 0 Å². The summed E-state index contributed by atoms with van der Waals surface area (Å²) in [5.74, 6) is -0.691. The predicted molar refractivity (Wildman–Crippen MR) is 56.2 cm³/mol. The molecule has 0 spiro atoms. The SMILES string of the molecule is C=C(C)C(=O)OCCCC(=O)OC(C)C. The van der Waals surface area contributed by atoms with Crippen molar-refractivity contribution in [2.24, 2.45) is 0 Å². The van der Waals surface area contributed by atoms with Crippen LogP contribution in [0.15, 0.2) is 12.2 Å². The molecule has 15 heavy (non-hydrogen) atoms. The second-order valence-electron chi connectivity index (χ2n) is 3.56. The van der Waals surface area contributed by atoms with E-state index in [0.717, 1.165) is 0 Å². The van der Waals surface area contributed by atoms with Gasteiger partial charge in [0.2, 0.25) is 0 Å². The van der Waals surface area contributed by atoms with E-state index in [-0.39, 0.29) is 25.1 Å². The fourth-order valence-electron chi connectivity index (χ4n) is 0.826. The Bertz CT molecular complexity index is 243. The lowest BCUT2D eigenvalue weighted by Gasteiger charge is -2.07. The van der Waals surface area contributed by atoms with E-state index in [9.17, 15) is 9.59 Å². The molecule has 4 nitrogen and oxygen atoms in total. The van der Waals surface area contributed by atoms with Crippen molar-refractivity contribution in [3.05, 3.63) is 12.2 Å². The van der Waals surface area contributed by atoms with Gasteiger partial charge in [-0.1, -0.05) is 6.58 Å². The molecule has 0 N–H and O–H groups in total. The average molecular weight is 214 g/mol. The number of esters is 2. The molecule has 0 aliphatic heterocycles. The maximum Gasteiger partial charge on any atom is 0.333 e. The van der Waals surface area contributed by atoms with E-state index < -0.39 is 5.97 Å². The van der Waals surface area contributed by atoms with E-state index in [1.54, 1.807) is 20.8 Å². The molecule has 0 aromatic rings. The first kappa shape index (κ1) is 13.7. The van der Waals surface area contributed by atoms with Gasteiger partial charge in [0.05, 0.1) is 12.7 Å². The molecular weight excluding hydrogens is 196 g/mol. The summed E-state index contributed by atoms with van der Waals surface area (Å²) in [4.78, 5) is 22.0. The zero-order chi connectivity index (χ0) is 11.8. The Balaban J connectivity index is 3.50. The first-order valence-corrected chi connectivity index (χ1v) is 4.95. The number of carbonyl (C=O) groups excluding carboxylic acids is 2. The van der Waals surface area contributed by atoms with Crippen LogP contribution in [-0.2, 0) is 19.1 Å². The first-order valence-electron chi connectivity index (χ1n) is 4.95. The highest BCUT2D eigenvalue weighted by Crippen LogP contribution is 1.99. The van der Waals surface area contributed by atoms with Crippen molar-refractivity contribution < 1.29 is 19.1 Å². The second-order valence-corrected chi connectivity index (χ2v) is 3.56. The largest absolute Gasteiger partial charge is 0.463 e. The average Bonchev–Trinajstić information content (AvgIpc) is 2.10. The van der Waals surface area contributed by atoms with Crippen LogP contribution in [0.25, 0.3) is 0 Å². The van der Waals surface area contributed by atoms with Crippen LogP contribution < -0.4 is 0 Å². The summed E-state index contributed by atoms with van der Waals surface area (Å²) in [5.41, 5.74) is 0.361. The van der Waals surface area contributed by atoms with E-state index in [1.807, 2.05) is 0 Å². The molecule has 0 aliphatic carbocycles. The fraction of sp³-hybridized carbons (Fsp3) is 0.636. The van der Waals surface area contributed by atoms with Crippen LogP contribution in [0.1, 0.15) is 33.6 Å². The molecule has 0 atom stereocenters. The summed E-state index contributed by atoms with van der Waals surface area (Å²) in [6, 6.07) is 0. The molecule has 0 aliphatic rings. The molecule has 0 aromatic heterocycles. The van der Waals surface area contributed by atoms with Crippen LogP contribution in [0.2, 0.25) is 0 Å². The van der Waals surface area contributed by atoms with E-state index in [4.69, 9.17) is 9.47 Å². The highest BCUT2D eigenvalue weighted by Gasteiger charge is 2.06. The fourth-order valence-corrected chi connectivity index (χ4v) is 0.826. The van der Waals surface area contributed by atoms with Gasteiger partial charge in [-0.3, -0.25) is 4.79 Å². The molecule has 0 unspecified atom stereocenters. The van der Waals surface area contributed by atoms with Crippen molar-refractivity contribution in [3.63, 3.8) is 0 Å². The zero-order valence-corrected chi connectivity index (χ0v) is 9.54. The molecular formula is C11H18O4. The molecule has 0 rings (SSSR count). The summed E-state index contributed by atoms with van der Waals surface area (Å²) in [6.07, 6.45) is 0.641. The third-order valence-corrected chi connectivity index (χ3v) is 1.47. The molecule has 0 saturated heterocycles. The zero-order valence-electron chi connectivity index (χ0n) is 9.54. The topological polar surface area (TPSA) is 52.6 Å². The van der Waals surface area contributed by atoms with Gasteiger partial charge >= 0.3 is 11.9 Å². The molecule has 0 fully saturated rings. The summed E-state index contributed by atoms with van der Waals surface area (Å²) >= 11 is 0. The highest BCUT2D eigenvalue weighted by molar-refractivity contribution is 5.86. The number of hydrogen-bond acceptors (Lipinski definition) is 4. The van der Waals surface area contributed by atoms with Gasteiger partial charge in [-0.2, -0.15) is 0 Å². The summed E-state index contributed by atoms with van der Waals surface area (Å²) in [7, 11) is 0. The van der Waals surface area contributed by atoms with Gasteiger partial charge in [-0.25, -0.2) is 4.79 Å². The highest BCUT2D eigenvalue weighted by atomic mass is 16.5. The Labute approximate surface area is 90.2 Å². The van der Waals surface area contributed by atoms with Gasteiger partial charge in [0.25, 0.3) is 0 Å². The van der Waals surface area contributed by atoms with Crippen molar-refractivity contribution in [1.29, 1.82) is 0 Å². The Morgan fingerprint density at radius 1 is 1.33 bits per heavy atom. The maximum absolute atomic E-state index is 11.1. The summed E-state index contributed by atoms with van der Waals surface area (Å²) < 4.78 is 9.72. The monoisotopic (exact) mass is 214 g/mol. The number of carbonyl (C=O) groups is 2. The normalized spacial score (nSPS) is 9.87. The minimum Gasteiger partial charge on any atom is -0.463 e. The lowest BCUT2D eigenvalue weighted by atomic mass is 10.3. The van der Waals surface area contributed by atoms with Crippen LogP contribution in [0.5, 0.6) is 0 Å². The predicted octanol–water partition coefficient (Wildman–Crippen LogP) is 1.84. The number of rotatable bonds is 6. The Kier molecular flexibility index (Phi) is 6.42. The molecule has 86 valence electrons. The smallest absolute Gasteiger partial charge is 0.333 e. The quantitative estimate of drug-likeness (QED) is 0.384. The second kappa shape index (κ2) is 7.04. The first-order chi connectivity index (χ1) is 6.93. The lowest BCUT2D eigenvalue weighted by Crippen LogP contribution is -2.13. The molecule has 0 bridgehead atoms. The minimum absolute atomic E-state index is 0.101. The van der Waals surface area contributed by atoms with E-state index in [1.165, 1.54) is 0 Å². The molecule has 0 aromatic carbocycles. The Morgan fingerprint density at radius 3 is 2.40 bits per heavy atom. The van der Waals surface area contributed by atoms with Crippen molar-refractivity contribution in [2.75, 3.05) is 6.61 Å². The minimum atomic E-state index is -0.424. The van der Waals surface area contributed by atoms with E-state index in [0.29, 0.717) is 12.0 Å². The molecule has 0 amide bonds. The molecule has 0 saturated carbocycles. The van der Waals surface area contributed by atoms with E-state index >= 15 is 0 Å². The van der Waals surface area contributed by atoms with Gasteiger partial charge in [0.15, 0.2) is 0 Å².